The van der Waals surface area contributed by atoms with Gasteiger partial charge in [0.15, 0.2) is 0 Å². The zero-order valence-corrected chi connectivity index (χ0v) is 18.1. The number of aryl methyl sites for hydroxylation is 1. The van der Waals surface area contributed by atoms with Crippen LogP contribution in [0, 0.1) is 18.7 Å². The van der Waals surface area contributed by atoms with Gasteiger partial charge in [-0.15, -0.1) is 0 Å². The number of aromatic nitrogens is 1. The Balaban J connectivity index is 1.81. The Morgan fingerprint density at radius 1 is 1.07 bits per heavy atom. The van der Waals surface area contributed by atoms with Gasteiger partial charge >= 0.3 is 6.03 Å². The molecular formula is C25H30FN3O. The summed E-state index contributed by atoms with van der Waals surface area (Å²) < 4.78 is 16.2. The summed E-state index contributed by atoms with van der Waals surface area (Å²) in [6, 6.07) is 18.4. The molecule has 0 bridgehead atoms. The Labute approximate surface area is 178 Å². The van der Waals surface area contributed by atoms with Crippen molar-refractivity contribution in [2.24, 2.45) is 5.92 Å². The fourth-order valence-corrected chi connectivity index (χ4v) is 3.44. The summed E-state index contributed by atoms with van der Waals surface area (Å²) in [6.07, 6.45) is 2.03. The van der Waals surface area contributed by atoms with Crippen molar-refractivity contribution in [3.63, 3.8) is 0 Å². The number of benzene rings is 2. The third kappa shape index (κ3) is 5.29. The molecule has 3 rings (SSSR count). The molecule has 3 aromatic rings. The molecule has 30 heavy (non-hydrogen) atoms. The molecule has 0 radical (unpaired) electrons. The summed E-state index contributed by atoms with van der Waals surface area (Å²) in [5.41, 5.74) is 3.67. The van der Waals surface area contributed by atoms with Crippen molar-refractivity contribution >= 4 is 11.7 Å². The lowest BCUT2D eigenvalue weighted by Gasteiger charge is -2.32. The van der Waals surface area contributed by atoms with E-state index >= 15 is 0 Å². The van der Waals surface area contributed by atoms with Crippen molar-refractivity contribution in [3.8, 4) is 0 Å². The van der Waals surface area contributed by atoms with Crippen LogP contribution in [0.25, 0.3) is 0 Å². The lowest BCUT2D eigenvalue weighted by Crippen LogP contribution is -2.43. The second-order valence-electron chi connectivity index (χ2n) is 8.14. The van der Waals surface area contributed by atoms with E-state index in [1.54, 1.807) is 23.1 Å². The van der Waals surface area contributed by atoms with Gasteiger partial charge < -0.3 is 14.8 Å². The molecule has 1 N–H and O–H groups in total. The Morgan fingerprint density at radius 2 is 1.83 bits per heavy atom. The fraction of sp³-hybridized carbons (Fsp3) is 0.320. The minimum absolute atomic E-state index is 0.0147. The highest BCUT2D eigenvalue weighted by Crippen LogP contribution is 2.20. The van der Waals surface area contributed by atoms with Crippen LogP contribution in [-0.2, 0) is 13.1 Å². The number of nitrogens with one attached hydrogen (secondary N) is 1. The highest BCUT2D eigenvalue weighted by molar-refractivity contribution is 5.89. The molecule has 0 saturated heterocycles. The molecule has 1 atom stereocenters. The third-order valence-electron chi connectivity index (χ3n) is 5.52. The Hall–Kier alpha value is -3.08. The van der Waals surface area contributed by atoms with Crippen LogP contribution in [0.15, 0.2) is 66.9 Å². The molecule has 0 fully saturated rings. The van der Waals surface area contributed by atoms with Crippen molar-refractivity contribution in [2.45, 2.75) is 46.8 Å². The number of para-hydroxylation sites is 1. The maximum atomic E-state index is 14.1. The number of urea groups is 1. The summed E-state index contributed by atoms with van der Waals surface area (Å²) in [5, 5.41) is 2.74. The van der Waals surface area contributed by atoms with E-state index in [-0.39, 0.29) is 23.7 Å². The summed E-state index contributed by atoms with van der Waals surface area (Å²) in [4.78, 5) is 14.9. The standard InChI is InChI=1S/C25H30FN3O/c1-18(2)20(4)29(25(30)27-24-13-6-5-12-23(24)26)17-22-11-8-14-28(22)16-21-10-7-9-19(3)15-21/h5-15,18,20H,16-17H2,1-4H3,(H,27,30)/t20-/m0/s1. The van der Waals surface area contributed by atoms with Crippen LogP contribution in [0.5, 0.6) is 0 Å². The maximum absolute atomic E-state index is 14.1. The molecule has 0 aliphatic carbocycles. The molecule has 0 saturated carbocycles. The van der Waals surface area contributed by atoms with Crippen LogP contribution in [0.1, 0.15) is 37.6 Å². The number of halogens is 1. The van der Waals surface area contributed by atoms with E-state index in [1.165, 1.54) is 17.2 Å². The van der Waals surface area contributed by atoms with Crippen LogP contribution in [0.4, 0.5) is 14.9 Å². The summed E-state index contributed by atoms with van der Waals surface area (Å²) in [5.74, 6) is -0.178. The first-order chi connectivity index (χ1) is 14.3. The monoisotopic (exact) mass is 407 g/mol. The van der Waals surface area contributed by atoms with Gasteiger partial charge in [-0.25, -0.2) is 9.18 Å². The number of anilines is 1. The average molecular weight is 408 g/mol. The summed E-state index contributed by atoms with van der Waals surface area (Å²) in [7, 11) is 0. The van der Waals surface area contributed by atoms with Crippen LogP contribution < -0.4 is 5.32 Å². The SMILES string of the molecule is Cc1cccc(Cn2cccc2CN(C(=O)Nc2ccccc2F)[C@@H](C)C(C)C)c1. The first kappa shape index (κ1) is 21.6. The van der Waals surface area contributed by atoms with E-state index in [0.29, 0.717) is 6.54 Å². The first-order valence-electron chi connectivity index (χ1n) is 10.4. The molecule has 1 aromatic heterocycles. The van der Waals surface area contributed by atoms with Crippen molar-refractivity contribution < 1.29 is 9.18 Å². The van der Waals surface area contributed by atoms with Gasteiger partial charge in [-0.1, -0.05) is 55.8 Å². The molecule has 2 amide bonds. The fourth-order valence-electron chi connectivity index (χ4n) is 3.44. The predicted octanol–water partition coefficient (Wildman–Crippen LogP) is 6.06. The lowest BCUT2D eigenvalue weighted by molar-refractivity contribution is 0.168. The van der Waals surface area contributed by atoms with Gasteiger partial charge in [0.2, 0.25) is 0 Å². The van der Waals surface area contributed by atoms with E-state index < -0.39 is 5.82 Å². The molecule has 0 aliphatic heterocycles. The molecule has 1 heterocycles. The predicted molar refractivity (Wildman–Crippen MR) is 120 cm³/mol. The van der Waals surface area contributed by atoms with Gasteiger partial charge in [-0.2, -0.15) is 0 Å². The van der Waals surface area contributed by atoms with Gasteiger partial charge in [0.05, 0.1) is 12.2 Å². The second-order valence-corrected chi connectivity index (χ2v) is 8.14. The summed E-state index contributed by atoms with van der Waals surface area (Å²) in [6.45, 7) is 9.46. The summed E-state index contributed by atoms with van der Waals surface area (Å²) >= 11 is 0. The molecule has 0 spiro atoms. The molecule has 158 valence electrons. The quantitative estimate of drug-likeness (QED) is 0.508. The first-order valence-corrected chi connectivity index (χ1v) is 10.4. The van der Waals surface area contributed by atoms with E-state index in [0.717, 1.165) is 12.2 Å². The lowest BCUT2D eigenvalue weighted by atomic mass is 10.0. The normalized spacial score (nSPS) is 12.1. The van der Waals surface area contributed by atoms with Crippen molar-refractivity contribution in [1.82, 2.24) is 9.47 Å². The van der Waals surface area contributed by atoms with Crippen LogP contribution >= 0.6 is 0 Å². The minimum Gasteiger partial charge on any atom is -0.345 e. The molecule has 4 nitrogen and oxygen atoms in total. The van der Waals surface area contributed by atoms with Gasteiger partial charge in [0.25, 0.3) is 0 Å². The van der Waals surface area contributed by atoms with Crippen LogP contribution in [0.3, 0.4) is 0 Å². The molecular weight excluding hydrogens is 377 g/mol. The highest BCUT2D eigenvalue weighted by Gasteiger charge is 2.24. The smallest absolute Gasteiger partial charge is 0.322 e. The Kier molecular flexibility index (Phi) is 6.93. The topological polar surface area (TPSA) is 37.3 Å². The van der Waals surface area contributed by atoms with Gasteiger partial charge in [0, 0.05) is 24.5 Å². The van der Waals surface area contributed by atoms with Crippen LogP contribution in [-0.4, -0.2) is 21.5 Å². The average Bonchev–Trinajstić information content (AvgIpc) is 3.14. The minimum atomic E-state index is -0.439. The molecule has 2 aromatic carbocycles. The van der Waals surface area contributed by atoms with E-state index in [2.05, 4.69) is 54.9 Å². The molecule has 0 aliphatic rings. The number of hydrogen-bond acceptors (Lipinski definition) is 1. The van der Waals surface area contributed by atoms with Crippen LogP contribution in [0.2, 0.25) is 0 Å². The van der Waals surface area contributed by atoms with Gasteiger partial charge in [0.1, 0.15) is 5.82 Å². The third-order valence-corrected chi connectivity index (χ3v) is 5.52. The Bertz CT molecular complexity index is 995. The number of carbonyl (C=O) groups excluding carboxylic acids is 1. The number of carbonyl (C=O) groups is 1. The molecule has 0 unspecified atom stereocenters. The number of rotatable bonds is 7. The number of amides is 2. The van der Waals surface area contributed by atoms with E-state index in [9.17, 15) is 9.18 Å². The van der Waals surface area contributed by atoms with Crippen molar-refractivity contribution in [3.05, 3.63) is 89.5 Å². The van der Waals surface area contributed by atoms with Crippen molar-refractivity contribution in [1.29, 1.82) is 0 Å². The van der Waals surface area contributed by atoms with E-state index in [1.807, 2.05) is 25.3 Å². The number of hydrogen-bond donors (Lipinski definition) is 1. The van der Waals surface area contributed by atoms with Gasteiger partial charge in [-0.05, 0) is 49.6 Å². The second kappa shape index (κ2) is 9.61. The zero-order chi connectivity index (χ0) is 21.7. The zero-order valence-electron chi connectivity index (χ0n) is 18.1. The highest BCUT2D eigenvalue weighted by atomic mass is 19.1. The number of nitrogens with zero attached hydrogens (tertiary/aromatic N) is 2. The van der Waals surface area contributed by atoms with E-state index in [4.69, 9.17) is 0 Å². The van der Waals surface area contributed by atoms with Crippen molar-refractivity contribution in [2.75, 3.05) is 5.32 Å². The Morgan fingerprint density at radius 3 is 2.53 bits per heavy atom. The largest absolute Gasteiger partial charge is 0.345 e. The maximum Gasteiger partial charge on any atom is 0.322 e. The van der Waals surface area contributed by atoms with Gasteiger partial charge in [-0.3, -0.25) is 0 Å². The molecule has 5 heteroatoms.